The van der Waals surface area contributed by atoms with Gasteiger partial charge in [0, 0.05) is 11.8 Å². The Bertz CT molecular complexity index is 703. The second kappa shape index (κ2) is 12.7. The topological polar surface area (TPSA) is 35.0 Å². The predicted molar refractivity (Wildman–Crippen MR) is 126 cm³/mol. The first-order chi connectivity index (χ1) is 14.7. The van der Waals surface area contributed by atoms with Crippen molar-refractivity contribution in [1.29, 1.82) is 0 Å². The SMILES string of the molecule is CCCCCCC[C@H]1CC[C@H](CCCOc2ccc(-c3cnc(C)cn3)cc2)CC1. The van der Waals surface area contributed by atoms with Crippen molar-refractivity contribution in [2.24, 2.45) is 11.8 Å². The third-order valence-electron chi connectivity index (χ3n) is 6.64. The number of aromatic nitrogens is 2. The lowest BCUT2D eigenvalue weighted by Crippen LogP contribution is -2.15. The molecule has 1 aromatic carbocycles. The van der Waals surface area contributed by atoms with E-state index in [1.807, 2.05) is 25.3 Å². The maximum Gasteiger partial charge on any atom is 0.119 e. The Morgan fingerprint density at radius 3 is 2.10 bits per heavy atom. The lowest BCUT2D eigenvalue weighted by atomic mass is 9.78. The normalized spacial score (nSPS) is 19.0. The summed E-state index contributed by atoms with van der Waals surface area (Å²) in [5.41, 5.74) is 2.93. The van der Waals surface area contributed by atoms with E-state index >= 15 is 0 Å². The molecule has 0 unspecified atom stereocenters. The van der Waals surface area contributed by atoms with Crippen LogP contribution >= 0.6 is 0 Å². The number of unbranched alkanes of at least 4 members (excludes halogenated alkanes) is 4. The Morgan fingerprint density at radius 1 is 0.800 bits per heavy atom. The van der Waals surface area contributed by atoms with Crippen molar-refractivity contribution < 1.29 is 4.74 Å². The van der Waals surface area contributed by atoms with Gasteiger partial charge < -0.3 is 4.74 Å². The molecule has 1 heterocycles. The lowest BCUT2D eigenvalue weighted by molar-refractivity contribution is 0.228. The summed E-state index contributed by atoms with van der Waals surface area (Å²) in [6.07, 6.45) is 20.5. The largest absolute Gasteiger partial charge is 0.494 e. The van der Waals surface area contributed by atoms with Crippen LogP contribution in [0.2, 0.25) is 0 Å². The van der Waals surface area contributed by atoms with Gasteiger partial charge in [0.05, 0.1) is 24.2 Å². The van der Waals surface area contributed by atoms with Gasteiger partial charge in [-0.3, -0.25) is 9.97 Å². The monoisotopic (exact) mass is 408 g/mol. The predicted octanol–water partition coefficient (Wildman–Crippen LogP) is 7.78. The number of hydrogen-bond donors (Lipinski definition) is 0. The Balaban J connectivity index is 1.27. The molecular formula is C27H40N2O. The summed E-state index contributed by atoms with van der Waals surface area (Å²) >= 11 is 0. The minimum Gasteiger partial charge on any atom is -0.494 e. The van der Waals surface area contributed by atoms with Gasteiger partial charge in [0.25, 0.3) is 0 Å². The number of aryl methyl sites for hydroxylation is 1. The summed E-state index contributed by atoms with van der Waals surface area (Å²) < 4.78 is 5.98. The number of rotatable bonds is 12. The van der Waals surface area contributed by atoms with Crippen molar-refractivity contribution in [3.63, 3.8) is 0 Å². The fourth-order valence-corrected chi connectivity index (χ4v) is 4.67. The molecule has 3 rings (SSSR count). The highest BCUT2D eigenvalue weighted by atomic mass is 16.5. The first kappa shape index (κ1) is 22.8. The smallest absolute Gasteiger partial charge is 0.119 e. The molecule has 0 amide bonds. The van der Waals surface area contributed by atoms with E-state index in [0.717, 1.165) is 47.6 Å². The second-order valence-electron chi connectivity index (χ2n) is 9.15. The van der Waals surface area contributed by atoms with E-state index < -0.39 is 0 Å². The van der Waals surface area contributed by atoms with Crippen LogP contribution in [0, 0.1) is 18.8 Å². The molecule has 1 fully saturated rings. The number of hydrogen-bond acceptors (Lipinski definition) is 3. The molecule has 0 bridgehead atoms. The highest BCUT2D eigenvalue weighted by molar-refractivity contribution is 5.58. The van der Waals surface area contributed by atoms with E-state index in [-0.39, 0.29) is 0 Å². The first-order valence-corrected chi connectivity index (χ1v) is 12.3. The summed E-state index contributed by atoms with van der Waals surface area (Å²) in [5, 5.41) is 0. The van der Waals surface area contributed by atoms with E-state index in [9.17, 15) is 0 Å². The van der Waals surface area contributed by atoms with Crippen molar-refractivity contribution in [3.05, 3.63) is 42.4 Å². The Hall–Kier alpha value is -1.90. The van der Waals surface area contributed by atoms with Gasteiger partial charge in [-0.25, -0.2) is 0 Å². The molecule has 1 aliphatic carbocycles. The molecule has 0 N–H and O–H groups in total. The summed E-state index contributed by atoms with van der Waals surface area (Å²) in [5.74, 6) is 2.88. The van der Waals surface area contributed by atoms with E-state index in [1.165, 1.54) is 70.6 Å². The molecule has 164 valence electrons. The van der Waals surface area contributed by atoms with Gasteiger partial charge in [-0.05, 0) is 55.9 Å². The highest BCUT2D eigenvalue weighted by Gasteiger charge is 2.20. The van der Waals surface area contributed by atoms with Crippen LogP contribution < -0.4 is 4.74 Å². The third-order valence-corrected chi connectivity index (χ3v) is 6.64. The van der Waals surface area contributed by atoms with Crippen LogP contribution in [-0.2, 0) is 0 Å². The summed E-state index contributed by atoms with van der Waals surface area (Å²) in [6.45, 7) is 5.07. The van der Waals surface area contributed by atoms with Gasteiger partial charge in [-0.2, -0.15) is 0 Å². The zero-order valence-corrected chi connectivity index (χ0v) is 19.1. The Labute approximate surface area is 183 Å². The summed E-state index contributed by atoms with van der Waals surface area (Å²) in [7, 11) is 0. The molecule has 0 saturated heterocycles. The molecule has 0 aliphatic heterocycles. The average Bonchev–Trinajstić information content (AvgIpc) is 2.78. The average molecular weight is 409 g/mol. The van der Waals surface area contributed by atoms with Crippen molar-refractivity contribution in [1.82, 2.24) is 9.97 Å². The molecule has 1 aromatic heterocycles. The fraction of sp³-hybridized carbons (Fsp3) is 0.630. The van der Waals surface area contributed by atoms with Crippen molar-refractivity contribution in [2.45, 2.75) is 90.9 Å². The van der Waals surface area contributed by atoms with Gasteiger partial charge in [0.1, 0.15) is 5.75 Å². The maximum atomic E-state index is 5.98. The minimum absolute atomic E-state index is 0.820. The van der Waals surface area contributed by atoms with Gasteiger partial charge in [-0.1, -0.05) is 71.1 Å². The molecule has 0 atom stereocenters. The number of nitrogens with zero attached hydrogens (tertiary/aromatic N) is 2. The molecule has 0 radical (unpaired) electrons. The van der Waals surface area contributed by atoms with Crippen molar-refractivity contribution >= 4 is 0 Å². The molecule has 3 heteroatoms. The van der Waals surface area contributed by atoms with Crippen LogP contribution in [0.4, 0.5) is 0 Å². The molecular weight excluding hydrogens is 368 g/mol. The molecule has 1 aliphatic rings. The third kappa shape index (κ3) is 7.74. The molecule has 30 heavy (non-hydrogen) atoms. The summed E-state index contributed by atoms with van der Waals surface area (Å²) in [6, 6.07) is 8.22. The molecule has 3 nitrogen and oxygen atoms in total. The van der Waals surface area contributed by atoms with Crippen LogP contribution in [0.15, 0.2) is 36.7 Å². The fourth-order valence-electron chi connectivity index (χ4n) is 4.67. The van der Waals surface area contributed by atoms with Crippen LogP contribution in [0.3, 0.4) is 0 Å². The standard InChI is InChI=1S/C27H40N2O/c1-3-4-5-6-7-9-23-11-13-24(14-12-23)10-8-19-30-26-17-15-25(16-18-26)27-21-28-22(2)20-29-27/h15-18,20-21,23-24H,3-14,19H2,1-2H3/t23-,24-. The van der Waals surface area contributed by atoms with Crippen LogP contribution in [0.1, 0.15) is 89.7 Å². The quantitative estimate of drug-likeness (QED) is 0.336. The Kier molecular flexibility index (Phi) is 9.66. The zero-order valence-electron chi connectivity index (χ0n) is 19.1. The van der Waals surface area contributed by atoms with Crippen LogP contribution in [0.25, 0.3) is 11.3 Å². The van der Waals surface area contributed by atoms with Crippen molar-refractivity contribution in [3.8, 4) is 17.0 Å². The van der Waals surface area contributed by atoms with E-state index in [0.29, 0.717) is 0 Å². The number of ether oxygens (including phenoxy) is 1. The summed E-state index contributed by atoms with van der Waals surface area (Å²) in [4.78, 5) is 8.75. The molecule has 2 aromatic rings. The van der Waals surface area contributed by atoms with Crippen LogP contribution in [-0.4, -0.2) is 16.6 Å². The van der Waals surface area contributed by atoms with Gasteiger partial charge >= 0.3 is 0 Å². The number of benzene rings is 1. The molecule has 0 spiro atoms. The van der Waals surface area contributed by atoms with Gasteiger partial charge in [0.15, 0.2) is 0 Å². The highest BCUT2D eigenvalue weighted by Crippen LogP contribution is 2.34. The van der Waals surface area contributed by atoms with Crippen LogP contribution in [0.5, 0.6) is 5.75 Å². The zero-order chi connectivity index (χ0) is 21.0. The first-order valence-electron chi connectivity index (χ1n) is 12.3. The Morgan fingerprint density at radius 2 is 1.47 bits per heavy atom. The van der Waals surface area contributed by atoms with Crippen molar-refractivity contribution in [2.75, 3.05) is 6.61 Å². The lowest BCUT2D eigenvalue weighted by Gasteiger charge is -2.28. The van der Waals surface area contributed by atoms with E-state index in [2.05, 4.69) is 29.0 Å². The van der Waals surface area contributed by atoms with Gasteiger partial charge in [0.2, 0.25) is 0 Å². The molecule has 1 saturated carbocycles. The second-order valence-corrected chi connectivity index (χ2v) is 9.15. The maximum absolute atomic E-state index is 5.98. The minimum atomic E-state index is 0.820. The van der Waals surface area contributed by atoms with E-state index in [1.54, 1.807) is 6.20 Å². The van der Waals surface area contributed by atoms with E-state index in [4.69, 9.17) is 4.74 Å². The van der Waals surface area contributed by atoms with Gasteiger partial charge in [-0.15, -0.1) is 0 Å².